The number of nitrogens with zero attached hydrogens (tertiary/aromatic N) is 3. The van der Waals surface area contributed by atoms with Crippen LogP contribution < -0.4 is 5.73 Å². The molecule has 1 aromatic carbocycles. The zero-order chi connectivity index (χ0) is 16.1. The molecule has 0 radical (unpaired) electrons. The Morgan fingerprint density at radius 1 is 1.32 bits per heavy atom. The first kappa shape index (κ1) is 15.7. The number of aromatic nitrogens is 2. The van der Waals surface area contributed by atoms with Crippen molar-refractivity contribution in [3.8, 4) is 11.3 Å². The minimum absolute atomic E-state index is 0.126. The van der Waals surface area contributed by atoms with E-state index in [-0.39, 0.29) is 11.5 Å². The molecule has 0 amide bonds. The van der Waals surface area contributed by atoms with Gasteiger partial charge in [-0.05, 0) is 18.2 Å². The zero-order valence-electron chi connectivity index (χ0n) is 11.7. The molecule has 1 heterocycles. The first-order valence-corrected chi connectivity index (χ1v) is 6.65. The molecular weight excluding hydrogens is 304 g/mol. The van der Waals surface area contributed by atoms with E-state index in [1.165, 1.54) is 18.5 Å². The SMILES string of the molecule is CN=C/C(=C\N)c1nc(C(=O)O)cc(-c2ccc(Cl)cc2)n1. The average Bonchev–Trinajstić information content (AvgIpc) is 2.52. The summed E-state index contributed by atoms with van der Waals surface area (Å²) in [6.07, 6.45) is 2.74. The second-order valence-electron chi connectivity index (χ2n) is 4.28. The maximum absolute atomic E-state index is 11.3. The van der Waals surface area contributed by atoms with Gasteiger partial charge in [-0.25, -0.2) is 14.8 Å². The van der Waals surface area contributed by atoms with Crippen molar-refractivity contribution < 1.29 is 9.90 Å². The predicted molar refractivity (Wildman–Crippen MR) is 86.0 cm³/mol. The second kappa shape index (κ2) is 6.82. The molecule has 0 unspecified atom stereocenters. The summed E-state index contributed by atoms with van der Waals surface area (Å²) in [7, 11) is 1.57. The van der Waals surface area contributed by atoms with E-state index >= 15 is 0 Å². The van der Waals surface area contributed by atoms with Crippen molar-refractivity contribution in [3.05, 3.63) is 53.1 Å². The zero-order valence-corrected chi connectivity index (χ0v) is 12.4. The number of halogens is 1. The molecule has 7 heteroatoms. The summed E-state index contributed by atoms with van der Waals surface area (Å²) in [5.41, 5.74) is 7.02. The fourth-order valence-electron chi connectivity index (χ4n) is 1.77. The van der Waals surface area contributed by atoms with Crippen LogP contribution in [0.4, 0.5) is 0 Å². The molecule has 2 rings (SSSR count). The minimum Gasteiger partial charge on any atom is -0.477 e. The van der Waals surface area contributed by atoms with Crippen molar-refractivity contribution in [2.24, 2.45) is 10.7 Å². The normalized spacial score (nSPS) is 11.8. The highest BCUT2D eigenvalue weighted by molar-refractivity contribution is 6.30. The Bertz CT molecular complexity index is 755. The molecule has 112 valence electrons. The molecule has 0 spiro atoms. The van der Waals surface area contributed by atoms with Gasteiger partial charge in [0.25, 0.3) is 0 Å². The van der Waals surface area contributed by atoms with Crippen LogP contribution >= 0.6 is 11.6 Å². The molecule has 0 fully saturated rings. The Morgan fingerprint density at radius 2 is 2.00 bits per heavy atom. The third-order valence-corrected chi connectivity index (χ3v) is 3.04. The Hall–Kier alpha value is -2.73. The van der Waals surface area contributed by atoms with Gasteiger partial charge in [0.1, 0.15) is 0 Å². The number of benzene rings is 1. The van der Waals surface area contributed by atoms with Crippen LogP contribution in [-0.4, -0.2) is 34.3 Å². The van der Waals surface area contributed by atoms with Gasteiger partial charge in [0.05, 0.1) is 11.3 Å². The third-order valence-electron chi connectivity index (χ3n) is 2.79. The van der Waals surface area contributed by atoms with Gasteiger partial charge < -0.3 is 10.8 Å². The summed E-state index contributed by atoms with van der Waals surface area (Å²) in [6, 6.07) is 8.30. The smallest absolute Gasteiger partial charge is 0.354 e. The molecule has 3 N–H and O–H groups in total. The highest BCUT2D eigenvalue weighted by Crippen LogP contribution is 2.22. The minimum atomic E-state index is -1.15. The average molecular weight is 317 g/mol. The van der Waals surface area contributed by atoms with Crippen LogP contribution in [0.1, 0.15) is 16.3 Å². The lowest BCUT2D eigenvalue weighted by Gasteiger charge is -2.07. The van der Waals surface area contributed by atoms with Crippen LogP contribution in [0, 0.1) is 0 Å². The number of carboxylic acid groups (broad SMARTS) is 1. The molecule has 0 aliphatic heterocycles. The van der Waals surface area contributed by atoms with Crippen LogP contribution in [0.3, 0.4) is 0 Å². The van der Waals surface area contributed by atoms with Crippen molar-refractivity contribution in [1.29, 1.82) is 0 Å². The van der Waals surface area contributed by atoms with E-state index in [0.717, 1.165) is 5.56 Å². The number of aromatic carboxylic acids is 1. The fourth-order valence-corrected chi connectivity index (χ4v) is 1.89. The molecule has 0 aliphatic carbocycles. The van der Waals surface area contributed by atoms with E-state index in [1.54, 1.807) is 31.3 Å². The highest BCUT2D eigenvalue weighted by atomic mass is 35.5. The molecule has 0 saturated heterocycles. The van der Waals surface area contributed by atoms with Crippen molar-refractivity contribution in [3.63, 3.8) is 0 Å². The molecule has 0 atom stereocenters. The van der Waals surface area contributed by atoms with Gasteiger partial charge in [-0.1, -0.05) is 23.7 Å². The van der Waals surface area contributed by atoms with Crippen molar-refractivity contribution in [2.75, 3.05) is 7.05 Å². The van der Waals surface area contributed by atoms with Crippen LogP contribution in [0.15, 0.2) is 41.5 Å². The molecular formula is C15H13ClN4O2. The summed E-state index contributed by atoms with van der Waals surface area (Å²) in [4.78, 5) is 23.5. The molecule has 22 heavy (non-hydrogen) atoms. The number of allylic oxidation sites excluding steroid dienone is 1. The van der Waals surface area contributed by atoms with E-state index in [2.05, 4.69) is 15.0 Å². The first-order valence-electron chi connectivity index (χ1n) is 6.28. The van der Waals surface area contributed by atoms with Gasteiger partial charge in [0.2, 0.25) is 0 Å². The van der Waals surface area contributed by atoms with E-state index in [1.807, 2.05) is 0 Å². The van der Waals surface area contributed by atoms with E-state index in [0.29, 0.717) is 16.3 Å². The summed E-state index contributed by atoms with van der Waals surface area (Å²) in [5, 5.41) is 9.79. The Morgan fingerprint density at radius 3 is 2.55 bits per heavy atom. The standard InChI is InChI=1S/C15H13ClN4O2/c1-18-8-10(7-17)14-19-12(6-13(20-14)15(21)22)9-2-4-11(16)5-3-9/h2-8H,17H2,1H3,(H,21,22)/b10-7+,18-8?. The summed E-state index contributed by atoms with van der Waals surface area (Å²) < 4.78 is 0. The second-order valence-corrected chi connectivity index (χ2v) is 4.72. The van der Waals surface area contributed by atoms with Gasteiger partial charge in [0.15, 0.2) is 11.5 Å². The monoisotopic (exact) mass is 316 g/mol. The summed E-state index contributed by atoms with van der Waals surface area (Å²) in [6.45, 7) is 0. The number of hydrogen-bond acceptors (Lipinski definition) is 5. The lowest BCUT2D eigenvalue weighted by Crippen LogP contribution is -2.07. The topological polar surface area (TPSA) is 101 Å². The third kappa shape index (κ3) is 3.48. The van der Waals surface area contributed by atoms with Gasteiger partial charge in [-0.15, -0.1) is 0 Å². The molecule has 0 aliphatic rings. The largest absolute Gasteiger partial charge is 0.477 e. The van der Waals surface area contributed by atoms with Crippen LogP contribution in [0.5, 0.6) is 0 Å². The number of hydrogen-bond donors (Lipinski definition) is 2. The Balaban J connectivity index is 2.61. The Kier molecular flexibility index (Phi) is 4.85. The van der Waals surface area contributed by atoms with Gasteiger partial charge in [-0.3, -0.25) is 4.99 Å². The van der Waals surface area contributed by atoms with Crippen LogP contribution in [0.2, 0.25) is 5.02 Å². The van der Waals surface area contributed by atoms with Crippen LogP contribution in [0.25, 0.3) is 16.8 Å². The number of carbonyl (C=O) groups is 1. The molecule has 0 bridgehead atoms. The van der Waals surface area contributed by atoms with Crippen molar-refractivity contribution in [1.82, 2.24) is 9.97 Å². The Labute approximate surface area is 132 Å². The number of aliphatic imine (C=N–C) groups is 1. The lowest BCUT2D eigenvalue weighted by molar-refractivity contribution is 0.0690. The quantitative estimate of drug-likeness (QED) is 0.844. The predicted octanol–water partition coefficient (Wildman–Crippen LogP) is 2.50. The first-order chi connectivity index (χ1) is 10.5. The molecule has 6 nitrogen and oxygen atoms in total. The fraction of sp³-hybridized carbons (Fsp3) is 0.0667. The van der Waals surface area contributed by atoms with Gasteiger partial charge >= 0.3 is 5.97 Å². The van der Waals surface area contributed by atoms with Crippen molar-refractivity contribution in [2.45, 2.75) is 0 Å². The van der Waals surface area contributed by atoms with Gasteiger partial charge in [-0.2, -0.15) is 0 Å². The molecule has 2 aromatic rings. The lowest BCUT2D eigenvalue weighted by atomic mass is 10.1. The highest BCUT2D eigenvalue weighted by Gasteiger charge is 2.13. The van der Waals surface area contributed by atoms with Crippen LogP contribution in [-0.2, 0) is 0 Å². The van der Waals surface area contributed by atoms with E-state index in [9.17, 15) is 9.90 Å². The number of nitrogens with two attached hydrogens (primary N) is 1. The van der Waals surface area contributed by atoms with E-state index < -0.39 is 5.97 Å². The van der Waals surface area contributed by atoms with E-state index in [4.69, 9.17) is 17.3 Å². The summed E-state index contributed by atoms with van der Waals surface area (Å²) >= 11 is 5.86. The maximum atomic E-state index is 11.3. The maximum Gasteiger partial charge on any atom is 0.354 e. The number of carboxylic acids is 1. The molecule has 1 aromatic heterocycles. The van der Waals surface area contributed by atoms with Gasteiger partial charge in [0, 0.05) is 30.0 Å². The van der Waals surface area contributed by atoms with Crippen molar-refractivity contribution >= 4 is 29.4 Å². The molecule has 0 saturated carbocycles. The number of rotatable bonds is 4. The summed E-state index contributed by atoms with van der Waals surface area (Å²) in [5.74, 6) is -0.957.